The van der Waals surface area contributed by atoms with Crippen molar-refractivity contribution in [1.29, 1.82) is 0 Å². The van der Waals surface area contributed by atoms with Gasteiger partial charge >= 0.3 is 0 Å². The Morgan fingerprint density at radius 1 is 1.28 bits per heavy atom. The number of ether oxygens (including phenoxy) is 3. The van der Waals surface area contributed by atoms with Crippen molar-refractivity contribution in [3.63, 3.8) is 0 Å². The lowest BCUT2D eigenvalue weighted by Crippen LogP contribution is -2.26. The minimum Gasteiger partial charge on any atom is -0.493 e. The third-order valence-corrected chi connectivity index (χ3v) is 3.07. The summed E-state index contributed by atoms with van der Waals surface area (Å²) in [5.41, 5.74) is 1.19. The van der Waals surface area contributed by atoms with E-state index in [9.17, 15) is 0 Å². The Hall–Kier alpha value is -1.26. The van der Waals surface area contributed by atoms with Gasteiger partial charge in [0.1, 0.15) is 6.10 Å². The largest absolute Gasteiger partial charge is 0.493 e. The van der Waals surface area contributed by atoms with Crippen molar-refractivity contribution in [2.24, 2.45) is 0 Å². The van der Waals surface area contributed by atoms with Crippen LogP contribution in [0.15, 0.2) is 18.2 Å². The summed E-state index contributed by atoms with van der Waals surface area (Å²) in [6.45, 7) is 2.39. The van der Waals surface area contributed by atoms with Gasteiger partial charge in [0.2, 0.25) is 0 Å². The molecule has 1 N–H and O–H groups in total. The van der Waals surface area contributed by atoms with Gasteiger partial charge < -0.3 is 19.5 Å². The van der Waals surface area contributed by atoms with E-state index in [0.717, 1.165) is 44.1 Å². The summed E-state index contributed by atoms with van der Waals surface area (Å²) in [7, 11) is 3.61. The fourth-order valence-electron chi connectivity index (χ4n) is 2.10. The van der Waals surface area contributed by atoms with Crippen LogP contribution in [0.3, 0.4) is 0 Å². The summed E-state index contributed by atoms with van der Waals surface area (Å²) in [5, 5.41) is 3.12. The van der Waals surface area contributed by atoms with Gasteiger partial charge in [-0.1, -0.05) is 6.07 Å². The predicted octanol–water partition coefficient (Wildman–Crippen LogP) is 1.97. The standard InChI is InChI=1S/C14H21NO3/c1-15-10-11-3-4-13(14(9-11)16-2)18-12-5-7-17-8-6-12/h3-4,9,12,15H,5-8,10H2,1-2H3. The molecule has 0 atom stereocenters. The Bertz CT molecular complexity index is 375. The molecule has 4 heteroatoms. The molecular formula is C14H21NO3. The normalized spacial score (nSPS) is 16.6. The smallest absolute Gasteiger partial charge is 0.161 e. The van der Waals surface area contributed by atoms with Crippen molar-refractivity contribution in [2.75, 3.05) is 27.4 Å². The molecule has 0 amide bonds. The molecule has 1 heterocycles. The number of hydrogen-bond donors (Lipinski definition) is 1. The lowest BCUT2D eigenvalue weighted by Gasteiger charge is -2.24. The van der Waals surface area contributed by atoms with Crippen LogP contribution in [0.1, 0.15) is 18.4 Å². The number of nitrogens with one attached hydrogen (secondary N) is 1. The zero-order valence-corrected chi connectivity index (χ0v) is 11.1. The highest BCUT2D eigenvalue weighted by Crippen LogP contribution is 2.30. The molecule has 0 aliphatic carbocycles. The van der Waals surface area contributed by atoms with Crippen molar-refractivity contribution < 1.29 is 14.2 Å². The van der Waals surface area contributed by atoms with Gasteiger partial charge in [-0.05, 0) is 24.7 Å². The van der Waals surface area contributed by atoms with Crippen LogP contribution in [-0.2, 0) is 11.3 Å². The summed E-state index contributed by atoms with van der Waals surface area (Å²) in [6, 6.07) is 6.07. The molecular weight excluding hydrogens is 230 g/mol. The van der Waals surface area contributed by atoms with Crippen LogP contribution < -0.4 is 14.8 Å². The maximum atomic E-state index is 5.99. The molecule has 0 spiro atoms. The van der Waals surface area contributed by atoms with Crippen LogP contribution in [0, 0.1) is 0 Å². The first kappa shape index (κ1) is 13.2. The molecule has 1 aromatic rings. The van der Waals surface area contributed by atoms with E-state index in [0.29, 0.717) is 0 Å². The minimum absolute atomic E-state index is 0.239. The second kappa shape index (κ2) is 6.61. The van der Waals surface area contributed by atoms with E-state index in [4.69, 9.17) is 14.2 Å². The summed E-state index contributed by atoms with van der Waals surface area (Å²) >= 11 is 0. The third kappa shape index (κ3) is 3.37. The Morgan fingerprint density at radius 2 is 2.06 bits per heavy atom. The summed E-state index contributed by atoms with van der Waals surface area (Å²) in [5.74, 6) is 1.62. The zero-order valence-electron chi connectivity index (χ0n) is 11.1. The molecule has 4 nitrogen and oxygen atoms in total. The fourth-order valence-corrected chi connectivity index (χ4v) is 2.10. The first-order chi connectivity index (χ1) is 8.83. The molecule has 0 aromatic heterocycles. The predicted molar refractivity (Wildman–Crippen MR) is 70.2 cm³/mol. The van der Waals surface area contributed by atoms with Gasteiger partial charge in [0, 0.05) is 19.4 Å². The minimum atomic E-state index is 0.239. The summed E-state index contributed by atoms with van der Waals surface area (Å²) in [4.78, 5) is 0. The monoisotopic (exact) mass is 251 g/mol. The highest BCUT2D eigenvalue weighted by molar-refractivity contribution is 5.43. The summed E-state index contributed by atoms with van der Waals surface area (Å²) < 4.78 is 16.7. The van der Waals surface area contributed by atoms with Gasteiger partial charge in [0.15, 0.2) is 11.5 Å². The molecule has 0 unspecified atom stereocenters. The third-order valence-electron chi connectivity index (χ3n) is 3.07. The van der Waals surface area contributed by atoms with Crippen molar-refractivity contribution in [3.8, 4) is 11.5 Å². The van der Waals surface area contributed by atoms with Gasteiger partial charge in [0.05, 0.1) is 20.3 Å². The second-order valence-corrected chi connectivity index (χ2v) is 4.45. The average molecular weight is 251 g/mol. The van der Waals surface area contributed by atoms with Crippen LogP contribution in [-0.4, -0.2) is 33.5 Å². The Balaban J connectivity index is 2.06. The van der Waals surface area contributed by atoms with Crippen LogP contribution in [0.2, 0.25) is 0 Å². The van der Waals surface area contributed by atoms with E-state index in [1.54, 1.807) is 7.11 Å². The van der Waals surface area contributed by atoms with Crippen molar-refractivity contribution in [2.45, 2.75) is 25.5 Å². The van der Waals surface area contributed by atoms with Gasteiger partial charge in [0.25, 0.3) is 0 Å². The van der Waals surface area contributed by atoms with Crippen LogP contribution >= 0.6 is 0 Å². The lowest BCUT2D eigenvalue weighted by molar-refractivity contribution is 0.0245. The van der Waals surface area contributed by atoms with Crippen molar-refractivity contribution in [3.05, 3.63) is 23.8 Å². The second-order valence-electron chi connectivity index (χ2n) is 4.45. The summed E-state index contributed by atoms with van der Waals surface area (Å²) in [6.07, 6.45) is 2.13. The molecule has 18 heavy (non-hydrogen) atoms. The Kier molecular flexibility index (Phi) is 4.84. The van der Waals surface area contributed by atoms with Crippen LogP contribution in [0.25, 0.3) is 0 Å². The molecule has 1 saturated heterocycles. The molecule has 1 aliphatic rings. The molecule has 0 bridgehead atoms. The maximum Gasteiger partial charge on any atom is 0.161 e. The van der Waals surface area contributed by atoms with Gasteiger partial charge in [-0.15, -0.1) is 0 Å². The van der Waals surface area contributed by atoms with Crippen LogP contribution in [0.4, 0.5) is 0 Å². The first-order valence-corrected chi connectivity index (χ1v) is 6.39. The van der Waals surface area contributed by atoms with Crippen molar-refractivity contribution in [1.82, 2.24) is 5.32 Å². The Labute approximate surface area is 108 Å². The van der Waals surface area contributed by atoms with E-state index in [1.807, 2.05) is 19.2 Å². The molecule has 1 fully saturated rings. The number of rotatable bonds is 5. The van der Waals surface area contributed by atoms with Gasteiger partial charge in [-0.25, -0.2) is 0 Å². The first-order valence-electron chi connectivity index (χ1n) is 6.39. The zero-order chi connectivity index (χ0) is 12.8. The molecule has 1 aromatic carbocycles. The molecule has 100 valence electrons. The topological polar surface area (TPSA) is 39.7 Å². The van der Waals surface area contributed by atoms with E-state index in [1.165, 1.54) is 5.56 Å². The molecule has 2 rings (SSSR count). The molecule has 1 aliphatic heterocycles. The number of benzene rings is 1. The lowest BCUT2D eigenvalue weighted by atomic mass is 10.1. The van der Waals surface area contributed by atoms with E-state index in [2.05, 4.69) is 11.4 Å². The molecule has 0 saturated carbocycles. The fraction of sp³-hybridized carbons (Fsp3) is 0.571. The van der Waals surface area contributed by atoms with Crippen LogP contribution in [0.5, 0.6) is 11.5 Å². The van der Waals surface area contributed by atoms with E-state index >= 15 is 0 Å². The SMILES string of the molecule is CNCc1ccc(OC2CCOCC2)c(OC)c1. The van der Waals surface area contributed by atoms with E-state index in [-0.39, 0.29) is 6.10 Å². The van der Waals surface area contributed by atoms with Gasteiger partial charge in [-0.3, -0.25) is 0 Å². The van der Waals surface area contributed by atoms with Crippen molar-refractivity contribution >= 4 is 0 Å². The average Bonchev–Trinajstić information content (AvgIpc) is 2.42. The quantitative estimate of drug-likeness (QED) is 0.868. The maximum absolute atomic E-state index is 5.99. The Morgan fingerprint density at radius 3 is 2.72 bits per heavy atom. The number of methoxy groups -OCH3 is 1. The van der Waals surface area contributed by atoms with E-state index < -0.39 is 0 Å². The molecule has 0 radical (unpaired) electrons. The highest BCUT2D eigenvalue weighted by Gasteiger charge is 2.17. The highest BCUT2D eigenvalue weighted by atomic mass is 16.5. The number of hydrogen-bond acceptors (Lipinski definition) is 4. The van der Waals surface area contributed by atoms with Gasteiger partial charge in [-0.2, -0.15) is 0 Å².